The molecule has 1 atom stereocenters. The number of hydrogen-bond acceptors (Lipinski definition) is 6. The van der Waals surface area contributed by atoms with Crippen molar-refractivity contribution in [2.24, 2.45) is 0 Å². The highest BCUT2D eigenvalue weighted by molar-refractivity contribution is 8.01. The van der Waals surface area contributed by atoms with E-state index in [9.17, 15) is 0 Å². The number of rotatable bonds is 5. The van der Waals surface area contributed by atoms with E-state index in [0.29, 0.717) is 12.1 Å². The minimum absolute atomic E-state index is 0.425. The molecule has 0 unspecified atom stereocenters. The van der Waals surface area contributed by atoms with Crippen molar-refractivity contribution in [1.82, 2.24) is 10.2 Å². The van der Waals surface area contributed by atoms with Crippen molar-refractivity contribution in [3.63, 3.8) is 0 Å². The number of nitrogens with zero attached hydrogens (tertiary/aromatic N) is 2. The molecule has 1 aliphatic carbocycles. The fraction of sp³-hybridized carbons (Fsp3) is 0.800. The van der Waals surface area contributed by atoms with Crippen molar-refractivity contribution in [3.8, 4) is 0 Å². The normalized spacial score (nSPS) is 24.9. The Bertz CT molecular complexity index is 348. The zero-order valence-electron chi connectivity index (χ0n) is 9.02. The van der Waals surface area contributed by atoms with Gasteiger partial charge in [-0.25, -0.2) is 0 Å². The molecule has 0 spiro atoms. The quantitative estimate of drug-likeness (QED) is 0.821. The van der Waals surface area contributed by atoms with Gasteiger partial charge < -0.3 is 10.1 Å². The maximum absolute atomic E-state index is 5.58. The van der Waals surface area contributed by atoms with Gasteiger partial charge >= 0.3 is 0 Å². The van der Waals surface area contributed by atoms with Crippen LogP contribution in [0.25, 0.3) is 0 Å². The predicted octanol–water partition coefficient (Wildman–Crippen LogP) is 2.38. The van der Waals surface area contributed by atoms with Crippen molar-refractivity contribution in [2.45, 2.75) is 42.2 Å². The minimum Gasteiger partial charge on any atom is -0.377 e. The van der Waals surface area contributed by atoms with Crippen LogP contribution in [0, 0.1) is 0 Å². The van der Waals surface area contributed by atoms with E-state index < -0.39 is 0 Å². The molecule has 3 rings (SSSR count). The number of thioether (sulfide) groups is 1. The Kier molecular flexibility index (Phi) is 3.30. The van der Waals surface area contributed by atoms with Crippen LogP contribution in [0.1, 0.15) is 25.7 Å². The lowest BCUT2D eigenvalue weighted by Gasteiger charge is -2.05. The van der Waals surface area contributed by atoms with E-state index in [2.05, 4.69) is 15.5 Å². The summed E-state index contributed by atoms with van der Waals surface area (Å²) in [6.07, 6.45) is 5.37. The molecular weight excluding hydrogens is 242 g/mol. The van der Waals surface area contributed by atoms with Gasteiger partial charge in [-0.05, 0) is 25.7 Å². The van der Waals surface area contributed by atoms with Crippen molar-refractivity contribution in [1.29, 1.82) is 0 Å². The maximum atomic E-state index is 5.58. The second kappa shape index (κ2) is 4.89. The highest BCUT2D eigenvalue weighted by atomic mass is 32.2. The first-order valence-corrected chi connectivity index (χ1v) is 7.55. The van der Waals surface area contributed by atoms with Gasteiger partial charge in [-0.3, -0.25) is 0 Å². The zero-order valence-corrected chi connectivity index (χ0v) is 10.6. The fourth-order valence-electron chi connectivity index (χ4n) is 1.67. The first kappa shape index (κ1) is 10.8. The van der Waals surface area contributed by atoms with Gasteiger partial charge in [-0.2, -0.15) is 0 Å². The number of anilines is 1. The number of hydrogen-bond donors (Lipinski definition) is 1. The lowest BCUT2D eigenvalue weighted by molar-refractivity contribution is 0.129. The summed E-state index contributed by atoms with van der Waals surface area (Å²) in [5.74, 6) is 1.01. The summed E-state index contributed by atoms with van der Waals surface area (Å²) in [7, 11) is 0. The van der Waals surface area contributed by atoms with Crippen LogP contribution in [0.2, 0.25) is 0 Å². The molecule has 0 amide bonds. The molecule has 2 heterocycles. The van der Waals surface area contributed by atoms with Crippen LogP contribution in [0.15, 0.2) is 4.34 Å². The summed E-state index contributed by atoms with van der Waals surface area (Å²) in [5.41, 5.74) is 0. The van der Waals surface area contributed by atoms with E-state index in [1.54, 1.807) is 23.1 Å². The third kappa shape index (κ3) is 2.87. The Hall–Kier alpha value is -0.330. The fourth-order valence-corrected chi connectivity index (χ4v) is 3.59. The van der Waals surface area contributed by atoms with Gasteiger partial charge in [0.05, 0.1) is 6.10 Å². The topological polar surface area (TPSA) is 47.0 Å². The van der Waals surface area contributed by atoms with Gasteiger partial charge in [-0.1, -0.05) is 23.1 Å². The number of aromatic nitrogens is 2. The van der Waals surface area contributed by atoms with Crippen LogP contribution >= 0.6 is 23.1 Å². The van der Waals surface area contributed by atoms with Gasteiger partial charge in [0.15, 0.2) is 4.34 Å². The Balaban J connectivity index is 1.47. The Labute approximate surface area is 103 Å². The Morgan fingerprint density at radius 2 is 2.31 bits per heavy atom. The Morgan fingerprint density at radius 1 is 1.38 bits per heavy atom. The van der Waals surface area contributed by atoms with Gasteiger partial charge in [0.1, 0.15) is 0 Å². The maximum Gasteiger partial charge on any atom is 0.206 e. The van der Waals surface area contributed by atoms with Crippen LogP contribution in [-0.4, -0.2) is 34.7 Å². The first-order chi connectivity index (χ1) is 7.90. The summed E-state index contributed by atoms with van der Waals surface area (Å²) in [4.78, 5) is 0. The van der Waals surface area contributed by atoms with E-state index in [-0.39, 0.29) is 0 Å². The molecule has 6 heteroatoms. The van der Waals surface area contributed by atoms with Gasteiger partial charge in [0.2, 0.25) is 5.13 Å². The van der Waals surface area contributed by atoms with Crippen LogP contribution in [0.4, 0.5) is 5.13 Å². The van der Waals surface area contributed by atoms with Gasteiger partial charge in [0, 0.05) is 18.4 Å². The molecule has 1 aromatic rings. The van der Waals surface area contributed by atoms with Crippen LogP contribution in [-0.2, 0) is 4.74 Å². The monoisotopic (exact) mass is 257 g/mol. The van der Waals surface area contributed by atoms with Crippen LogP contribution < -0.4 is 5.32 Å². The van der Waals surface area contributed by atoms with Crippen molar-refractivity contribution < 1.29 is 4.74 Å². The molecule has 16 heavy (non-hydrogen) atoms. The standard InChI is InChI=1S/C10H15N3OS2/c1-2-8(14-5-1)6-15-10-13-12-9(16-10)11-7-3-4-7/h7-8H,1-6H2,(H,11,12)/t8-/m1/s1. The molecule has 1 saturated heterocycles. The van der Waals surface area contributed by atoms with E-state index in [0.717, 1.165) is 21.8 Å². The molecular formula is C10H15N3OS2. The lowest BCUT2D eigenvalue weighted by Crippen LogP contribution is -2.07. The van der Waals surface area contributed by atoms with Crippen molar-refractivity contribution in [2.75, 3.05) is 17.7 Å². The predicted molar refractivity (Wildman–Crippen MR) is 66.3 cm³/mol. The second-order valence-electron chi connectivity index (χ2n) is 4.24. The van der Waals surface area contributed by atoms with E-state index >= 15 is 0 Å². The average Bonchev–Trinajstić information content (AvgIpc) is 2.81. The third-order valence-electron chi connectivity index (χ3n) is 2.73. The van der Waals surface area contributed by atoms with Crippen molar-refractivity contribution >= 4 is 28.2 Å². The van der Waals surface area contributed by atoms with Crippen LogP contribution in [0.3, 0.4) is 0 Å². The number of ether oxygens (including phenoxy) is 1. The molecule has 1 N–H and O–H groups in total. The SMILES string of the molecule is C1CO[C@@H](CSc2nnc(NC3CC3)s2)C1. The molecule has 0 bridgehead atoms. The minimum atomic E-state index is 0.425. The van der Waals surface area contributed by atoms with E-state index in [4.69, 9.17) is 4.74 Å². The highest BCUT2D eigenvalue weighted by Gasteiger charge is 2.22. The number of nitrogens with one attached hydrogen (secondary N) is 1. The lowest BCUT2D eigenvalue weighted by atomic mass is 10.3. The van der Waals surface area contributed by atoms with E-state index in [1.165, 1.54) is 25.7 Å². The largest absolute Gasteiger partial charge is 0.377 e. The third-order valence-corrected chi connectivity index (χ3v) is 4.85. The summed E-state index contributed by atoms with van der Waals surface area (Å²) in [6.45, 7) is 0.926. The van der Waals surface area contributed by atoms with Crippen LogP contribution in [0.5, 0.6) is 0 Å². The summed E-state index contributed by atoms with van der Waals surface area (Å²) in [6, 6.07) is 0.656. The highest BCUT2D eigenvalue weighted by Crippen LogP contribution is 2.31. The first-order valence-electron chi connectivity index (χ1n) is 5.74. The summed E-state index contributed by atoms with van der Waals surface area (Å²) >= 11 is 3.42. The molecule has 2 aliphatic rings. The summed E-state index contributed by atoms with van der Waals surface area (Å²) < 4.78 is 6.63. The molecule has 1 saturated carbocycles. The van der Waals surface area contributed by atoms with Gasteiger partial charge in [-0.15, -0.1) is 10.2 Å². The molecule has 4 nitrogen and oxygen atoms in total. The zero-order chi connectivity index (χ0) is 10.8. The molecule has 0 radical (unpaired) electrons. The van der Waals surface area contributed by atoms with E-state index in [1.807, 2.05) is 0 Å². The molecule has 2 fully saturated rings. The second-order valence-corrected chi connectivity index (χ2v) is 6.48. The molecule has 0 aromatic carbocycles. The smallest absolute Gasteiger partial charge is 0.206 e. The molecule has 88 valence electrons. The van der Waals surface area contributed by atoms with Gasteiger partial charge in [0.25, 0.3) is 0 Å². The molecule has 1 aliphatic heterocycles. The molecule has 1 aromatic heterocycles. The summed E-state index contributed by atoms with van der Waals surface area (Å²) in [5, 5.41) is 12.6. The average molecular weight is 257 g/mol. The Morgan fingerprint density at radius 3 is 3.06 bits per heavy atom. The van der Waals surface area contributed by atoms with Crippen molar-refractivity contribution in [3.05, 3.63) is 0 Å².